The summed E-state index contributed by atoms with van der Waals surface area (Å²) in [6, 6.07) is 9.19. The lowest BCUT2D eigenvalue weighted by Crippen LogP contribution is -2.36. The van der Waals surface area contributed by atoms with E-state index < -0.39 is 5.97 Å². The summed E-state index contributed by atoms with van der Waals surface area (Å²) >= 11 is 1.45. The summed E-state index contributed by atoms with van der Waals surface area (Å²) in [6.45, 7) is 3.03. The molecule has 31 heavy (non-hydrogen) atoms. The Morgan fingerprint density at radius 2 is 2.00 bits per heavy atom. The average molecular weight is 442 g/mol. The summed E-state index contributed by atoms with van der Waals surface area (Å²) in [5, 5.41) is 2.62. The maximum absolute atomic E-state index is 12.4. The minimum Gasteiger partial charge on any atom is -0.493 e. The molecular weight excluding hydrogens is 418 g/mol. The highest BCUT2D eigenvalue weighted by atomic mass is 32.1. The zero-order valence-electron chi connectivity index (χ0n) is 17.4. The van der Waals surface area contributed by atoms with Gasteiger partial charge in [0.15, 0.2) is 11.5 Å². The number of anilines is 1. The third kappa shape index (κ3) is 4.78. The molecule has 0 aliphatic carbocycles. The maximum atomic E-state index is 12.4. The Balaban J connectivity index is 1.39. The highest BCUT2D eigenvalue weighted by molar-refractivity contribution is 7.13. The predicted octanol–water partition coefficient (Wildman–Crippen LogP) is 3.42. The lowest BCUT2D eigenvalue weighted by Gasteiger charge is -2.27. The molecule has 4 rings (SSSR count). The van der Waals surface area contributed by atoms with E-state index in [1.165, 1.54) is 11.3 Å². The number of carbonyl (C=O) groups excluding carboxylic acids is 1. The molecule has 1 aliphatic heterocycles. The molecule has 1 aliphatic rings. The fraction of sp³-hybridized carbons (Fsp3) is 0.318. The van der Waals surface area contributed by atoms with Crippen molar-refractivity contribution < 1.29 is 23.7 Å². The molecule has 0 N–H and O–H groups in total. The standard InChI is InChI=1S/C22H23N3O5S/c1-27-18-5-3-4-17(20(18)28-2)21-24-16(14-31-21)13-30-22(26)15-6-7-19(23-12-15)25-8-10-29-11-9-25/h3-7,12,14H,8-11,13H2,1-2H3. The lowest BCUT2D eigenvalue weighted by molar-refractivity contribution is 0.0468. The number of ether oxygens (including phenoxy) is 4. The van der Waals surface area contributed by atoms with Crippen molar-refractivity contribution >= 4 is 23.1 Å². The average Bonchev–Trinajstić information content (AvgIpc) is 3.31. The Morgan fingerprint density at radius 1 is 1.16 bits per heavy atom. The van der Waals surface area contributed by atoms with Crippen LogP contribution in [0, 0.1) is 0 Å². The van der Waals surface area contributed by atoms with E-state index in [2.05, 4.69) is 14.9 Å². The maximum Gasteiger partial charge on any atom is 0.340 e. The van der Waals surface area contributed by atoms with Crippen LogP contribution in [0.5, 0.6) is 11.5 Å². The van der Waals surface area contributed by atoms with Gasteiger partial charge in [0.25, 0.3) is 0 Å². The zero-order chi connectivity index (χ0) is 21.6. The van der Waals surface area contributed by atoms with Crippen LogP contribution in [0.25, 0.3) is 10.6 Å². The highest BCUT2D eigenvalue weighted by Gasteiger charge is 2.17. The monoisotopic (exact) mass is 441 g/mol. The van der Waals surface area contributed by atoms with Gasteiger partial charge in [-0.05, 0) is 24.3 Å². The van der Waals surface area contributed by atoms with Crippen molar-refractivity contribution in [3.63, 3.8) is 0 Å². The van der Waals surface area contributed by atoms with Crippen LogP contribution in [0.1, 0.15) is 16.1 Å². The Morgan fingerprint density at radius 3 is 2.71 bits per heavy atom. The SMILES string of the molecule is COc1cccc(-c2nc(COC(=O)c3ccc(N4CCOCC4)nc3)cs2)c1OC. The Kier molecular flexibility index (Phi) is 6.63. The number of carbonyl (C=O) groups is 1. The number of hydrogen-bond donors (Lipinski definition) is 0. The lowest BCUT2D eigenvalue weighted by atomic mass is 10.2. The summed E-state index contributed by atoms with van der Waals surface area (Å²) < 4.78 is 21.6. The van der Waals surface area contributed by atoms with E-state index in [4.69, 9.17) is 18.9 Å². The largest absolute Gasteiger partial charge is 0.493 e. The normalized spacial score (nSPS) is 13.7. The second-order valence-electron chi connectivity index (χ2n) is 6.77. The highest BCUT2D eigenvalue weighted by Crippen LogP contribution is 2.39. The van der Waals surface area contributed by atoms with Gasteiger partial charge in [-0.2, -0.15) is 0 Å². The van der Waals surface area contributed by atoms with E-state index in [1.54, 1.807) is 26.5 Å². The van der Waals surface area contributed by atoms with E-state index in [0.717, 1.165) is 29.5 Å². The number of benzene rings is 1. The molecule has 1 saturated heterocycles. The molecular formula is C22H23N3O5S. The second-order valence-corrected chi connectivity index (χ2v) is 7.62. The number of pyridine rings is 1. The van der Waals surface area contributed by atoms with Gasteiger partial charge in [0.1, 0.15) is 17.4 Å². The van der Waals surface area contributed by atoms with Gasteiger partial charge in [0.2, 0.25) is 0 Å². The van der Waals surface area contributed by atoms with Gasteiger partial charge in [-0.25, -0.2) is 14.8 Å². The van der Waals surface area contributed by atoms with Crippen LogP contribution in [0.4, 0.5) is 5.82 Å². The molecule has 0 saturated carbocycles. The minimum absolute atomic E-state index is 0.0762. The van der Waals surface area contributed by atoms with Gasteiger partial charge >= 0.3 is 5.97 Å². The van der Waals surface area contributed by atoms with Crippen LogP contribution >= 0.6 is 11.3 Å². The first-order valence-electron chi connectivity index (χ1n) is 9.81. The van der Waals surface area contributed by atoms with Gasteiger partial charge in [0.05, 0.1) is 44.3 Å². The number of morpholine rings is 1. The van der Waals surface area contributed by atoms with E-state index in [1.807, 2.05) is 29.6 Å². The van der Waals surface area contributed by atoms with Gasteiger partial charge in [-0.3, -0.25) is 0 Å². The van der Waals surface area contributed by atoms with Crippen LogP contribution in [0.15, 0.2) is 41.9 Å². The van der Waals surface area contributed by atoms with Gasteiger partial charge in [0, 0.05) is 24.7 Å². The quantitative estimate of drug-likeness (QED) is 0.516. The van der Waals surface area contributed by atoms with Crippen LogP contribution < -0.4 is 14.4 Å². The summed E-state index contributed by atoms with van der Waals surface area (Å²) in [6.07, 6.45) is 1.54. The molecule has 2 aromatic heterocycles. The molecule has 3 heterocycles. The van der Waals surface area contributed by atoms with Crippen molar-refractivity contribution in [2.75, 3.05) is 45.4 Å². The molecule has 0 spiro atoms. The Bertz CT molecular complexity index is 1030. The Labute approximate surface area is 184 Å². The number of hydrogen-bond acceptors (Lipinski definition) is 9. The van der Waals surface area contributed by atoms with Crippen LogP contribution in [-0.4, -0.2) is 56.5 Å². The molecule has 3 aromatic rings. The number of thiazole rings is 1. The third-order valence-corrected chi connectivity index (χ3v) is 5.78. The first-order chi connectivity index (χ1) is 15.2. The minimum atomic E-state index is -0.436. The van der Waals surface area contributed by atoms with Crippen molar-refractivity contribution in [3.05, 3.63) is 53.2 Å². The number of para-hydroxylation sites is 1. The molecule has 0 amide bonds. The summed E-state index contributed by atoms with van der Waals surface area (Å²) in [5.74, 6) is 1.65. The van der Waals surface area contributed by atoms with Gasteiger partial charge in [-0.15, -0.1) is 11.3 Å². The Hall–Kier alpha value is -3.17. The molecule has 0 radical (unpaired) electrons. The van der Waals surface area contributed by atoms with Crippen molar-refractivity contribution in [1.82, 2.24) is 9.97 Å². The number of methoxy groups -OCH3 is 2. The van der Waals surface area contributed by atoms with Gasteiger partial charge < -0.3 is 23.8 Å². The van der Waals surface area contributed by atoms with Crippen LogP contribution in [-0.2, 0) is 16.1 Å². The van der Waals surface area contributed by atoms with Crippen LogP contribution in [0.3, 0.4) is 0 Å². The number of aromatic nitrogens is 2. The van der Waals surface area contributed by atoms with Crippen molar-refractivity contribution in [2.24, 2.45) is 0 Å². The fourth-order valence-electron chi connectivity index (χ4n) is 3.26. The number of rotatable bonds is 7. The van der Waals surface area contributed by atoms with Crippen molar-refractivity contribution in [2.45, 2.75) is 6.61 Å². The zero-order valence-corrected chi connectivity index (χ0v) is 18.2. The van der Waals surface area contributed by atoms with Crippen molar-refractivity contribution in [3.8, 4) is 22.1 Å². The number of nitrogens with zero attached hydrogens (tertiary/aromatic N) is 3. The summed E-state index contributed by atoms with van der Waals surface area (Å²) in [4.78, 5) is 23.5. The molecule has 0 unspecified atom stereocenters. The van der Waals surface area contributed by atoms with E-state index in [9.17, 15) is 4.79 Å². The summed E-state index contributed by atoms with van der Waals surface area (Å²) in [5.41, 5.74) is 1.89. The van der Waals surface area contributed by atoms with E-state index >= 15 is 0 Å². The first kappa shape index (κ1) is 21.1. The molecule has 9 heteroatoms. The van der Waals surface area contributed by atoms with Crippen LogP contribution in [0.2, 0.25) is 0 Å². The van der Waals surface area contributed by atoms with Crippen molar-refractivity contribution in [1.29, 1.82) is 0 Å². The second kappa shape index (κ2) is 9.76. The topological polar surface area (TPSA) is 83.0 Å². The van der Waals surface area contributed by atoms with E-state index in [0.29, 0.717) is 36.0 Å². The van der Waals surface area contributed by atoms with E-state index in [-0.39, 0.29) is 6.61 Å². The molecule has 1 fully saturated rings. The van der Waals surface area contributed by atoms with Gasteiger partial charge in [-0.1, -0.05) is 6.07 Å². The molecule has 0 bridgehead atoms. The first-order valence-corrected chi connectivity index (χ1v) is 10.7. The summed E-state index contributed by atoms with van der Waals surface area (Å²) in [7, 11) is 3.19. The predicted molar refractivity (Wildman–Crippen MR) is 117 cm³/mol. The smallest absolute Gasteiger partial charge is 0.340 e. The molecule has 1 aromatic carbocycles. The molecule has 8 nitrogen and oxygen atoms in total. The number of esters is 1. The molecule has 162 valence electrons. The molecule has 0 atom stereocenters. The third-order valence-electron chi connectivity index (χ3n) is 4.85. The fourth-order valence-corrected chi connectivity index (χ4v) is 4.09.